The van der Waals surface area contributed by atoms with Gasteiger partial charge in [0.15, 0.2) is 29.8 Å². The molecule has 2 N–H and O–H groups in total. The number of halogens is 2. The molecule has 2 fully saturated rings. The predicted octanol–water partition coefficient (Wildman–Crippen LogP) is 4.11. The van der Waals surface area contributed by atoms with Gasteiger partial charge in [-0.15, -0.1) is 0 Å². The number of benzene rings is 1. The Hall–Kier alpha value is -4.93. The number of ether oxygens (including phenoxy) is 7. The Morgan fingerprint density at radius 1 is 0.887 bits per heavy atom. The number of hydrogen-bond acceptors (Lipinski definition) is 14. The van der Waals surface area contributed by atoms with Crippen molar-refractivity contribution in [3.8, 4) is 17.4 Å². The summed E-state index contributed by atoms with van der Waals surface area (Å²) in [5, 5.41) is 21.6. The molecule has 1 saturated carbocycles. The second-order valence-electron chi connectivity index (χ2n) is 13.3. The molecule has 1 aliphatic heterocycles. The maximum Gasteiger partial charge on any atom is 0.387 e. The van der Waals surface area contributed by atoms with Crippen molar-refractivity contribution in [2.45, 2.75) is 109 Å². The summed E-state index contributed by atoms with van der Waals surface area (Å²) in [5.41, 5.74) is 1.48. The highest BCUT2D eigenvalue weighted by atomic mass is 19.3. The Kier molecular flexibility index (Phi) is 12.5. The lowest BCUT2D eigenvalue weighted by Gasteiger charge is -2.42. The van der Waals surface area contributed by atoms with Gasteiger partial charge in [0.05, 0.1) is 11.8 Å². The van der Waals surface area contributed by atoms with Crippen LogP contribution in [-0.4, -0.2) is 88.1 Å². The topological polar surface area (TPSA) is 182 Å². The predicted molar refractivity (Wildman–Crippen MR) is 179 cm³/mol. The third-order valence-corrected chi connectivity index (χ3v) is 8.36. The van der Waals surface area contributed by atoms with E-state index in [0.717, 1.165) is 43.4 Å². The lowest BCUT2D eigenvalue weighted by Crippen LogP contribution is -2.62. The molecule has 2 aromatic heterocycles. The van der Waals surface area contributed by atoms with Crippen LogP contribution < -0.4 is 14.2 Å². The molecule has 1 saturated heterocycles. The lowest BCUT2D eigenvalue weighted by atomic mass is 9.86. The molecule has 0 radical (unpaired) electrons. The minimum absolute atomic E-state index is 0.0120. The van der Waals surface area contributed by atoms with Crippen LogP contribution in [0.4, 0.5) is 8.78 Å². The standard InChI is InChI=1S/C37H42F2N2O12/c1-19(42)47-18-29-33(48-20(2)43)34(49-21(3)44)32(45)35(51-29)53-31-13-6-22(16-41-31)14-26(24-8-12-30(40-17-24)37(4,5)46)23-7-11-27(52-36(38)39)28(15-23)50-25-9-10-25/h6-8,11-13,15-17,25-26,29,32-36,45-46H,9-10,14,18H2,1-5H3/t26-,29+,32+,33+,34+,35-/m0/s1. The number of aliphatic hydroxyl groups is 2. The number of rotatable bonds is 15. The fourth-order valence-electron chi connectivity index (χ4n) is 5.73. The van der Waals surface area contributed by atoms with E-state index in [1.54, 1.807) is 44.3 Å². The summed E-state index contributed by atoms with van der Waals surface area (Å²) in [6.45, 7) is 3.21. The minimum atomic E-state index is -3.04. The van der Waals surface area contributed by atoms with E-state index in [0.29, 0.717) is 12.1 Å². The van der Waals surface area contributed by atoms with Crippen molar-refractivity contribution in [3.05, 3.63) is 77.2 Å². The molecule has 2 aliphatic rings. The summed E-state index contributed by atoms with van der Waals surface area (Å²) in [6.07, 6.45) is -2.03. The normalized spacial score (nSPS) is 22.0. The van der Waals surface area contributed by atoms with Crippen molar-refractivity contribution in [1.29, 1.82) is 0 Å². The highest BCUT2D eigenvalue weighted by Gasteiger charge is 2.51. The Balaban J connectivity index is 1.40. The van der Waals surface area contributed by atoms with Gasteiger partial charge in [0.1, 0.15) is 18.3 Å². The van der Waals surface area contributed by atoms with Gasteiger partial charge in [0, 0.05) is 45.1 Å². The van der Waals surface area contributed by atoms with E-state index in [1.807, 2.05) is 6.07 Å². The quantitative estimate of drug-likeness (QED) is 0.168. The van der Waals surface area contributed by atoms with Gasteiger partial charge in [-0.1, -0.05) is 18.2 Å². The first-order valence-corrected chi connectivity index (χ1v) is 16.9. The Morgan fingerprint density at radius 3 is 2.15 bits per heavy atom. The van der Waals surface area contributed by atoms with E-state index in [4.69, 9.17) is 33.2 Å². The molecular weight excluding hydrogens is 702 g/mol. The van der Waals surface area contributed by atoms with E-state index in [2.05, 4.69) is 9.97 Å². The van der Waals surface area contributed by atoms with Crippen LogP contribution in [0, 0.1) is 0 Å². The number of carbonyl (C=O) groups is 3. The van der Waals surface area contributed by atoms with Gasteiger partial charge in [0.25, 0.3) is 0 Å². The Bertz CT molecular complexity index is 1730. The van der Waals surface area contributed by atoms with Crippen molar-refractivity contribution < 1.29 is 66.5 Å². The highest BCUT2D eigenvalue weighted by Crippen LogP contribution is 2.39. The summed E-state index contributed by atoms with van der Waals surface area (Å²) in [6, 6.07) is 11.6. The second-order valence-corrected chi connectivity index (χ2v) is 13.3. The average Bonchev–Trinajstić information content (AvgIpc) is 3.90. The van der Waals surface area contributed by atoms with Gasteiger partial charge in [-0.3, -0.25) is 19.4 Å². The third-order valence-electron chi connectivity index (χ3n) is 8.36. The van der Waals surface area contributed by atoms with E-state index in [-0.39, 0.29) is 29.4 Å². The van der Waals surface area contributed by atoms with Crippen LogP contribution >= 0.6 is 0 Å². The van der Waals surface area contributed by atoms with E-state index >= 15 is 0 Å². The maximum atomic E-state index is 13.2. The molecule has 0 spiro atoms. The minimum Gasteiger partial charge on any atom is -0.487 e. The molecule has 5 rings (SSSR count). The van der Waals surface area contributed by atoms with Gasteiger partial charge in [-0.05, 0) is 68.0 Å². The van der Waals surface area contributed by atoms with Crippen LogP contribution in [0.1, 0.15) is 75.8 Å². The first-order chi connectivity index (χ1) is 25.1. The molecule has 1 aromatic carbocycles. The molecule has 0 bridgehead atoms. The van der Waals surface area contributed by atoms with Gasteiger partial charge < -0.3 is 43.4 Å². The number of carbonyl (C=O) groups excluding carboxylic acids is 3. The van der Waals surface area contributed by atoms with E-state index in [1.165, 1.54) is 25.3 Å². The summed E-state index contributed by atoms with van der Waals surface area (Å²) in [5.74, 6) is -2.43. The second kappa shape index (κ2) is 16.8. The van der Waals surface area contributed by atoms with Crippen molar-refractivity contribution in [3.63, 3.8) is 0 Å². The first kappa shape index (κ1) is 39.3. The highest BCUT2D eigenvalue weighted by molar-refractivity contribution is 5.68. The molecule has 16 heteroatoms. The summed E-state index contributed by atoms with van der Waals surface area (Å²) >= 11 is 0. The fraction of sp³-hybridized carbons (Fsp3) is 0.486. The molecule has 53 heavy (non-hydrogen) atoms. The SMILES string of the molecule is CC(=O)OC[C@H]1O[C@@H](Oc2ccc(C[C@H](c3ccc(C(C)(C)O)nc3)c3ccc(OC(F)F)c(OC4CC4)c3)cn2)[C@H](O)[C@@H](OC(C)=O)[C@@H]1OC(C)=O. The van der Waals surface area contributed by atoms with Crippen LogP contribution in [-0.2, 0) is 45.4 Å². The van der Waals surface area contributed by atoms with Crippen LogP contribution in [0.2, 0.25) is 0 Å². The summed E-state index contributed by atoms with van der Waals surface area (Å²) < 4.78 is 64.5. The number of aliphatic hydroxyl groups excluding tert-OH is 1. The molecule has 3 heterocycles. The number of esters is 3. The summed E-state index contributed by atoms with van der Waals surface area (Å²) in [4.78, 5) is 44.2. The molecule has 3 aromatic rings. The number of aromatic nitrogens is 2. The van der Waals surface area contributed by atoms with Crippen molar-refractivity contribution in [2.24, 2.45) is 0 Å². The largest absolute Gasteiger partial charge is 0.487 e. The van der Waals surface area contributed by atoms with Gasteiger partial charge in [-0.2, -0.15) is 8.78 Å². The maximum absolute atomic E-state index is 13.2. The molecular formula is C37H42F2N2O12. The van der Waals surface area contributed by atoms with Gasteiger partial charge in [0.2, 0.25) is 12.2 Å². The zero-order valence-corrected chi connectivity index (χ0v) is 29.8. The Labute approximate surface area is 304 Å². The van der Waals surface area contributed by atoms with Crippen LogP contribution in [0.15, 0.2) is 54.9 Å². The summed E-state index contributed by atoms with van der Waals surface area (Å²) in [7, 11) is 0. The van der Waals surface area contributed by atoms with Gasteiger partial charge >= 0.3 is 24.5 Å². The smallest absolute Gasteiger partial charge is 0.387 e. The third kappa shape index (κ3) is 10.8. The molecule has 0 amide bonds. The average molecular weight is 745 g/mol. The molecule has 1 aliphatic carbocycles. The molecule has 286 valence electrons. The van der Waals surface area contributed by atoms with Crippen molar-refractivity contribution in [1.82, 2.24) is 9.97 Å². The lowest BCUT2D eigenvalue weighted by molar-refractivity contribution is -0.285. The number of hydrogen-bond donors (Lipinski definition) is 2. The van der Waals surface area contributed by atoms with Crippen LogP contribution in [0.5, 0.6) is 17.4 Å². The monoisotopic (exact) mass is 744 g/mol. The van der Waals surface area contributed by atoms with E-state index < -0.39 is 67.4 Å². The molecule has 6 atom stereocenters. The first-order valence-electron chi connectivity index (χ1n) is 16.9. The fourth-order valence-corrected chi connectivity index (χ4v) is 5.73. The number of nitrogens with zero attached hydrogens (tertiary/aromatic N) is 2. The zero-order valence-electron chi connectivity index (χ0n) is 29.8. The van der Waals surface area contributed by atoms with E-state index in [9.17, 15) is 33.4 Å². The van der Waals surface area contributed by atoms with Crippen LogP contribution in [0.25, 0.3) is 0 Å². The number of pyridine rings is 2. The Morgan fingerprint density at radius 2 is 1.58 bits per heavy atom. The van der Waals surface area contributed by atoms with Crippen molar-refractivity contribution >= 4 is 17.9 Å². The van der Waals surface area contributed by atoms with Gasteiger partial charge in [-0.25, -0.2) is 4.98 Å². The number of alkyl halides is 2. The van der Waals surface area contributed by atoms with Crippen molar-refractivity contribution in [2.75, 3.05) is 6.61 Å². The molecule has 0 unspecified atom stereocenters. The van der Waals surface area contributed by atoms with Crippen LogP contribution in [0.3, 0.4) is 0 Å². The molecule has 14 nitrogen and oxygen atoms in total. The zero-order chi connectivity index (χ0) is 38.4.